The Bertz CT molecular complexity index is 1140. The van der Waals surface area contributed by atoms with E-state index in [0.717, 1.165) is 22.0 Å². The van der Waals surface area contributed by atoms with Gasteiger partial charge in [0.1, 0.15) is 5.65 Å². The molecule has 0 fully saturated rings. The lowest BCUT2D eigenvalue weighted by Crippen LogP contribution is -2.18. The normalized spacial score (nSPS) is 10.9. The first-order chi connectivity index (χ1) is 13.2. The van der Waals surface area contributed by atoms with Gasteiger partial charge in [-0.1, -0.05) is 48.2 Å². The van der Waals surface area contributed by atoms with E-state index in [0.29, 0.717) is 12.2 Å². The molecule has 0 aliphatic heterocycles. The molecule has 2 heterocycles. The minimum absolute atomic E-state index is 0.0538. The number of pyridine rings is 1. The maximum atomic E-state index is 12.4. The largest absolute Gasteiger partial charge is 0.378 e. The van der Waals surface area contributed by atoms with Gasteiger partial charge in [-0.25, -0.2) is 4.98 Å². The first-order valence-electron chi connectivity index (χ1n) is 8.75. The van der Waals surface area contributed by atoms with E-state index in [1.165, 1.54) is 4.90 Å². The molecule has 2 aromatic heterocycles. The molecule has 0 saturated heterocycles. The van der Waals surface area contributed by atoms with E-state index < -0.39 is 0 Å². The van der Waals surface area contributed by atoms with Gasteiger partial charge in [0.25, 0.3) is 5.56 Å². The summed E-state index contributed by atoms with van der Waals surface area (Å²) in [5.74, 6) is 0. The van der Waals surface area contributed by atoms with Gasteiger partial charge in [-0.05, 0) is 43.3 Å². The van der Waals surface area contributed by atoms with Crippen molar-refractivity contribution in [3.05, 3.63) is 101 Å². The number of para-hydroxylation sites is 1. The molecule has 0 spiro atoms. The number of rotatable bonds is 5. The van der Waals surface area contributed by atoms with Gasteiger partial charge in [0.05, 0.1) is 12.2 Å². The van der Waals surface area contributed by atoms with E-state index in [-0.39, 0.29) is 5.56 Å². The number of anilines is 1. The SMILES string of the molecule is Cc1cccc2nc(CNc3ccccc3Sc3ccccc3)cc(=O)n12. The Balaban J connectivity index is 1.58. The van der Waals surface area contributed by atoms with Gasteiger partial charge in [0.15, 0.2) is 0 Å². The van der Waals surface area contributed by atoms with E-state index in [1.807, 2.05) is 61.5 Å². The quantitative estimate of drug-likeness (QED) is 0.548. The van der Waals surface area contributed by atoms with Crippen LogP contribution in [0.2, 0.25) is 0 Å². The maximum absolute atomic E-state index is 12.4. The first-order valence-corrected chi connectivity index (χ1v) is 9.56. The fraction of sp³-hybridized carbons (Fsp3) is 0.0909. The summed E-state index contributed by atoms with van der Waals surface area (Å²) in [6, 6.07) is 25.7. The molecule has 0 atom stereocenters. The van der Waals surface area contributed by atoms with Gasteiger partial charge in [-0.3, -0.25) is 9.20 Å². The van der Waals surface area contributed by atoms with Crippen LogP contribution in [0.1, 0.15) is 11.4 Å². The van der Waals surface area contributed by atoms with E-state index in [9.17, 15) is 4.79 Å². The van der Waals surface area contributed by atoms with Crippen LogP contribution in [-0.2, 0) is 6.54 Å². The minimum Gasteiger partial charge on any atom is -0.378 e. The molecule has 0 bridgehead atoms. The summed E-state index contributed by atoms with van der Waals surface area (Å²) in [7, 11) is 0. The van der Waals surface area contributed by atoms with Crippen molar-refractivity contribution in [3.8, 4) is 0 Å². The number of hydrogen-bond donors (Lipinski definition) is 1. The number of aromatic nitrogens is 2. The number of aryl methyl sites for hydroxylation is 1. The van der Waals surface area contributed by atoms with E-state index in [4.69, 9.17) is 0 Å². The lowest BCUT2D eigenvalue weighted by atomic mass is 10.3. The third-order valence-electron chi connectivity index (χ3n) is 4.25. The molecular weight excluding hydrogens is 354 g/mol. The molecule has 0 unspecified atom stereocenters. The van der Waals surface area contributed by atoms with Crippen LogP contribution in [0.15, 0.2) is 93.4 Å². The lowest BCUT2D eigenvalue weighted by molar-refractivity contribution is 0.941. The fourth-order valence-electron chi connectivity index (χ4n) is 2.96. The van der Waals surface area contributed by atoms with Crippen LogP contribution in [0.4, 0.5) is 5.69 Å². The van der Waals surface area contributed by atoms with E-state index in [1.54, 1.807) is 22.2 Å². The zero-order valence-electron chi connectivity index (χ0n) is 14.9. The standard InChI is InChI=1S/C22H19N3OS/c1-16-8-7-13-21-24-17(14-22(26)25(16)21)15-23-19-11-5-6-12-20(19)27-18-9-3-2-4-10-18/h2-14,23H,15H2,1H3. The molecular formula is C22H19N3OS. The third-order valence-corrected chi connectivity index (χ3v) is 5.33. The molecule has 0 radical (unpaired) electrons. The van der Waals surface area contributed by atoms with Crippen LogP contribution < -0.4 is 10.9 Å². The average Bonchev–Trinajstić information content (AvgIpc) is 2.68. The molecule has 5 heteroatoms. The van der Waals surface area contributed by atoms with Crippen LogP contribution in [0.3, 0.4) is 0 Å². The molecule has 0 saturated carbocycles. The molecule has 4 nitrogen and oxygen atoms in total. The Hall–Kier alpha value is -3.05. The summed E-state index contributed by atoms with van der Waals surface area (Å²) < 4.78 is 1.63. The Kier molecular flexibility index (Phi) is 4.94. The monoisotopic (exact) mass is 373 g/mol. The van der Waals surface area contributed by atoms with Crippen molar-refractivity contribution >= 4 is 23.1 Å². The molecule has 27 heavy (non-hydrogen) atoms. The molecule has 1 N–H and O–H groups in total. The smallest absolute Gasteiger partial charge is 0.258 e. The Morgan fingerprint density at radius 1 is 0.963 bits per heavy atom. The predicted molar refractivity (Wildman–Crippen MR) is 111 cm³/mol. The molecule has 134 valence electrons. The lowest BCUT2D eigenvalue weighted by Gasteiger charge is -2.12. The summed E-state index contributed by atoms with van der Waals surface area (Å²) >= 11 is 1.71. The van der Waals surface area contributed by atoms with Crippen molar-refractivity contribution in [3.63, 3.8) is 0 Å². The molecule has 4 aromatic rings. The second-order valence-electron chi connectivity index (χ2n) is 6.21. The zero-order valence-corrected chi connectivity index (χ0v) is 15.7. The summed E-state index contributed by atoms with van der Waals surface area (Å²) in [6.45, 7) is 2.40. The van der Waals surface area contributed by atoms with Crippen LogP contribution in [-0.4, -0.2) is 9.38 Å². The van der Waals surface area contributed by atoms with Gasteiger partial charge >= 0.3 is 0 Å². The van der Waals surface area contributed by atoms with Crippen molar-refractivity contribution in [2.45, 2.75) is 23.3 Å². The van der Waals surface area contributed by atoms with E-state index in [2.05, 4.69) is 28.5 Å². The minimum atomic E-state index is -0.0538. The average molecular weight is 373 g/mol. The Morgan fingerprint density at radius 3 is 2.59 bits per heavy atom. The van der Waals surface area contributed by atoms with Gasteiger partial charge in [0.2, 0.25) is 0 Å². The summed E-state index contributed by atoms with van der Waals surface area (Å²) in [5.41, 5.74) is 3.25. The fourth-order valence-corrected chi connectivity index (χ4v) is 3.90. The number of nitrogens with zero attached hydrogens (tertiary/aromatic N) is 2. The summed E-state index contributed by atoms with van der Waals surface area (Å²) in [5, 5.41) is 3.42. The second kappa shape index (κ2) is 7.68. The number of hydrogen-bond acceptors (Lipinski definition) is 4. The van der Waals surface area contributed by atoms with E-state index >= 15 is 0 Å². The Morgan fingerprint density at radius 2 is 1.74 bits per heavy atom. The van der Waals surface area contributed by atoms with Gasteiger partial charge in [-0.15, -0.1) is 0 Å². The second-order valence-corrected chi connectivity index (χ2v) is 7.33. The predicted octanol–water partition coefficient (Wildman–Crippen LogP) is 4.77. The van der Waals surface area contributed by atoms with Crippen LogP contribution in [0.25, 0.3) is 5.65 Å². The zero-order chi connectivity index (χ0) is 18.6. The molecule has 0 aliphatic rings. The van der Waals surface area contributed by atoms with Crippen LogP contribution in [0.5, 0.6) is 0 Å². The first kappa shape index (κ1) is 17.4. The van der Waals surface area contributed by atoms with Gasteiger partial charge in [-0.2, -0.15) is 0 Å². The summed E-state index contributed by atoms with van der Waals surface area (Å²) in [6.07, 6.45) is 0. The number of benzene rings is 2. The van der Waals surface area contributed by atoms with Crippen LogP contribution >= 0.6 is 11.8 Å². The van der Waals surface area contributed by atoms with Crippen molar-refractivity contribution in [2.24, 2.45) is 0 Å². The highest BCUT2D eigenvalue weighted by atomic mass is 32.2. The summed E-state index contributed by atoms with van der Waals surface area (Å²) in [4.78, 5) is 19.4. The highest BCUT2D eigenvalue weighted by Crippen LogP contribution is 2.33. The Labute approximate surface area is 161 Å². The van der Waals surface area contributed by atoms with Crippen molar-refractivity contribution in [1.82, 2.24) is 9.38 Å². The van der Waals surface area contributed by atoms with Gasteiger partial charge < -0.3 is 5.32 Å². The molecule has 4 rings (SSSR count). The van der Waals surface area contributed by atoms with Crippen LogP contribution in [0, 0.1) is 6.92 Å². The van der Waals surface area contributed by atoms with Crippen molar-refractivity contribution in [2.75, 3.05) is 5.32 Å². The molecule has 2 aromatic carbocycles. The van der Waals surface area contributed by atoms with Crippen molar-refractivity contribution in [1.29, 1.82) is 0 Å². The molecule has 0 aliphatic carbocycles. The number of nitrogens with one attached hydrogen (secondary N) is 1. The molecule has 0 amide bonds. The van der Waals surface area contributed by atoms with Crippen molar-refractivity contribution < 1.29 is 0 Å². The topological polar surface area (TPSA) is 46.4 Å². The van der Waals surface area contributed by atoms with Gasteiger partial charge in [0, 0.05) is 27.2 Å². The maximum Gasteiger partial charge on any atom is 0.258 e. The highest BCUT2D eigenvalue weighted by Gasteiger charge is 2.07. The number of fused-ring (bicyclic) bond motifs is 1. The third kappa shape index (κ3) is 3.88. The highest BCUT2D eigenvalue weighted by molar-refractivity contribution is 7.99.